The lowest BCUT2D eigenvalue weighted by Gasteiger charge is -2.35. The molecule has 144 valence electrons. The smallest absolute Gasteiger partial charge is 0.288 e. The molecule has 1 amide bonds. The summed E-state index contributed by atoms with van der Waals surface area (Å²) in [6.45, 7) is 5.91. The fourth-order valence-electron chi connectivity index (χ4n) is 3.65. The summed E-state index contributed by atoms with van der Waals surface area (Å²) in [5.74, 6) is -1.41. The quantitative estimate of drug-likeness (QED) is 0.649. The number of para-hydroxylation sites is 1. The van der Waals surface area contributed by atoms with E-state index in [2.05, 4.69) is 19.2 Å². The number of piperidine rings is 1. The summed E-state index contributed by atoms with van der Waals surface area (Å²) in [6.07, 6.45) is 1.15. The van der Waals surface area contributed by atoms with E-state index in [9.17, 15) is 13.6 Å². The van der Waals surface area contributed by atoms with Gasteiger partial charge in [-0.05, 0) is 54.7 Å². The van der Waals surface area contributed by atoms with Crippen molar-refractivity contribution in [3.63, 3.8) is 0 Å². The lowest BCUT2D eigenvalue weighted by molar-refractivity contribution is 0.0624. The van der Waals surface area contributed by atoms with Crippen molar-refractivity contribution in [1.29, 1.82) is 0 Å². The van der Waals surface area contributed by atoms with Crippen molar-refractivity contribution in [1.82, 2.24) is 4.90 Å². The minimum atomic E-state index is -2.43. The van der Waals surface area contributed by atoms with Crippen LogP contribution in [0, 0.1) is 11.8 Å². The highest BCUT2D eigenvalue weighted by Crippen LogP contribution is 2.29. The van der Waals surface area contributed by atoms with Crippen LogP contribution in [0.5, 0.6) is 0 Å². The van der Waals surface area contributed by atoms with Crippen LogP contribution in [0.4, 0.5) is 20.2 Å². The summed E-state index contributed by atoms with van der Waals surface area (Å²) in [4.78, 5) is 15.5. The van der Waals surface area contributed by atoms with Crippen LogP contribution in [-0.4, -0.2) is 29.7 Å². The molecule has 2 aromatic rings. The Bertz CT molecular complexity index is 772. The molecule has 27 heavy (non-hydrogen) atoms. The van der Waals surface area contributed by atoms with Gasteiger partial charge in [0.1, 0.15) is 0 Å². The van der Waals surface area contributed by atoms with Crippen molar-refractivity contribution in [2.24, 2.45) is 11.8 Å². The molecule has 1 heterocycles. The molecule has 3 rings (SSSR count). The third kappa shape index (κ3) is 5.22. The van der Waals surface area contributed by atoms with E-state index in [-0.39, 0.29) is 5.91 Å². The van der Waals surface area contributed by atoms with Crippen LogP contribution in [0.1, 0.15) is 30.6 Å². The second-order valence-corrected chi connectivity index (χ2v) is 8.29. The minimum absolute atomic E-state index is 0.0291. The number of carbonyl (C=O) groups is 1. The second kappa shape index (κ2) is 8.74. The minimum Gasteiger partial charge on any atom is -0.355 e. The number of nitrogens with one attached hydrogen (secondary N) is 1. The third-order valence-electron chi connectivity index (χ3n) is 4.67. The number of hydrogen-bond acceptors (Lipinski definition) is 3. The van der Waals surface area contributed by atoms with Crippen molar-refractivity contribution in [2.45, 2.75) is 30.9 Å². The van der Waals surface area contributed by atoms with Crippen molar-refractivity contribution in [3.8, 4) is 0 Å². The van der Waals surface area contributed by atoms with Crippen molar-refractivity contribution in [2.75, 3.05) is 18.4 Å². The molecule has 3 nitrogen and oxygen atoms in total. The monoisotopic (exact) mass is 390 g/mol. The highest BCUT2D eigenvalue weighted by molar-refractivity contribution is 7.99. The summed E-state index contributed by atoms with van der Waals surface area (Å²) in [7, 11) is 0. The van der Waals surface area contributed by atoms with Crippen LogP contribution < -0.4 is 5.32 Å². The van der Waals surface area contributed by atoms with Gasteiger partial charge in [-0.25, -0.2) is 0 Å². The molecule has 1 N–H and O–H groups in total. The van der Waals surface area contributed by atoms with E-state index in [1.54, 1.807) is 24.3 Å². The van der Waals surface area contributed by atoms with Crippen LogP contribution in [0.3, 0.4) is 0 Å². The maximum atomic E-state index is 13.1. The number of amides is 1. The molecule has 2 atom stereocenters. The highest BCUT2D eigenvalue weighted by atomic mass is 32.2. The fourth-order valence-corrected chi connectivity index (χ4v) is 4.15. The molecule has 2 aromatic carbocycles. The number of hydrogen-bond donors (Lipinski definition) is 1. The molecule has 0 bridgehead atoms. The summed E-state index contributed by atoms with van der Waals surface area (Å²) in [5, 5.41) is 3.25. The van der Waals surface area contributed by atoms with E-state index in [0.717, 1.165) is 30.9 Å². The number of rotatable bonds is 5. The van der Waals surface area contributed by atoms with Crippen LogP contribution in [0.15, 0.2) is 53.4 Å². The molecule has 1 saturated heterocycles. The SMILES string of the molecule is C[C@H]1C[C@H](C)CN(C(=O)c2ccccc2Nc2ccc(SC(F)F)cc2)C1. The van der Waals surface area contributed by atoms with Gasteiger partial charge < -0.3 is 10.2 Å². The predicted octanol–water partition coefficient (Wildman–Crippen LogP) is 5.86. The number of thioether (sulfide) groups is 1. The zero-order chi connectivity index (χ0) is 19.4. The Kier molecular flexibility index (Phi) is 6.37. The van der Waals surface area contributed by atoms with Crippen LogP contribution >= 0.6 is 11.8 Å². The molecular formula is C21H24F2N2OS. The summed E-state index contributed by atoms with van der Waals surface area (Å²) >= 11 is 0.519. The standard InChI is InChI=1S/C21H24F2N2OS/c1-14-11-15(2)13-25(12-14)20(26)18-5-3-4-6-19(18)24-16-7-9-17(10-8-16)27-21(22)23/h3-10,14-15,21,24H,11-13H2,1-2H3/t14-,15-/m0/s1. The first-order chi connectivity index (χ1) is 12.9. The molecule has 0 radical (unpaired) electrons. The van der Waals surface area contributed by atoms with Crippen LogP contribution in [0.2, 0.25) is 0 Å². The Morgan fingerprint density at radius 2 is 1.70 bits per heavy atom. The number of alkyl halides is 2. The Morgan fingerprint density at radius 1 is 1.07 bits per heavy atom. The van der Waals surface area contributed by atoms with E-state index in [1.807, 2.05) is 29.2 Å². The summed E-state index contributed by atoms with van der Waals surface area (Å²) < 4.78 is 24.9. The number of halogens is 2. The first-order valence-corrected chi connectivity index (χ1v) is 10.0. The molecule has 1 aliphatic heterocycles. The van der Waals surface area contributed by atoms with Gasteiger partial charge in [0.15, 0.2) is 0 Å². The second-order valence-electron chi connectivity index (χ2n) is 7.23. The lowest BCUT2D eigenvalue weighted by atomic mass is 9.91. The highest BCUT2D eigenvalue weighted by Gasteiger charge is 2.27. The van der Waals surface area contributed by atoms with Crippen molar-refractivity contribution < 1.29 is 13.6 Å². The Labute approximate surface area is 163 Å². The van der Waals surface area contributed by atoms with Crippen molar-refractivity contribution >= 4 is 29.0 Å². The average molecular weight is 390 g/mol. The summed E-state index contributed by atoms with van der Waals surface area (Å²) in [6, 6.07) is 14.2. The molecule has 1 fully saturated rings. The first kappa shape index (κ1) is 19.7. The molecule has 0 aliphatic carbocycles. The molecule has 6 heteroatoms. The van der Waals surface area contributed by atoms with Gasteiger partial charge >= 0.3 is 0 Å². The molecule has 0 aromatic heterocycles. The fraction of sp³-hybridized carbons (Fsp3) is 0.381. The first-order valence-electron chi connectivity index (χ1n) is 9.12. The molecule has 1 aliphatic rings. The Morgan fingerprint density at radius 3 is 2.33 bits per heavy atom. The van der Waals surface area contributed by atoms with E-state index < -0.39 is 5.76 Å². The van der Waals surface area contributed by atoms with Crippen molar-refractivity contribution in [3.05, 3.63) is 54.1 Å². The normalized spacial score (nSPS) is 20.0. The maximum Gasteiger partial charge on any atom is 0.288 e. The number of carbonyl (C=O) groups excluding carboxylic acids is 1. The third-order valence-corrected chi connectivity index (χ3v) is 5.39. The number of anilines is 2. The Balaban J connectivity index is 1.76. The molecular weight excluding hydrogens is 366 g/mol. The van der Waals surface area contributed by atoms with E-state index in [4.69, 9.17) is 0 Å². The zero-order valence-electron chi connectivity index (χ0n) is 15.5. The van der Waals surface area contributed by atoms with Gasteiger partial charge in [0.25, 0.3) is 11.7 Å². The Hall–Kier alpha value is -2.08. The van der Waals surface area contributed by atoms with Gasteiger partial charge in [0.05, 0.1) is 11.3 Å². The maximum absolute atomic E-state index is 13.1. The van der Waals surface area contributed by atoms with Gasteiger partial charge in [0, 0.05) is 23.7 Å². The predicted molar refractivity (Wildman–Crippen MR) is 107 cm³/mol. The van der Waals surface area contributed by atoms with Crippen LogP contribution in [-0.2, 0) is 0 Å². The van der Waals surface area contributed by atoms with E-state index >= 15 is 0 Å². The van der Waals surface area contributed by atoms with Gasteiger partial charge in [-0.3, -0.25) is 4.79 Å². The molecule has 0 spiro atoms. The lowest BCUT2D eigenvalue weighted by Crippen LogP contribution is -2.42. The molecule has 0 unspecified atom stereocenters. The van der Waals surface area contributed by atoms with Gasteiger partial charge in [0.2, 0.25) is 0 Å². The van der Waals surface area contributed by atoms with Gasteiger partial charge in [-0.1, -0.05) is 37.7 Å². The van der Waals surface area contributed by atoms with E-state index in [0.29, 0.717) is 34.1 Å². The number of nitrogens with zero attached hydrogens (tertiary/aromatic N) is 1. The number of likely N-dealkylation sites (tertiary alicyclic amines) is 1. The largest absolute Gasteiger partial charge is 0.355 e. The topological polar surface area (TPSA) is 32.3 Å². The van der Waals surface area contributed by atoms with Gasteiger partial charge in [-0.2, -0.15) is 8.78 Å². The average Bonchev–Trinajstić information content (AvgIpc) is 2.62. The summed E-state index contributed by atoms with van der Waals surface area (Å²) in [5.41, 5.74) is 2.11. The van der Waals surface area contributed by atoms with Gasteiger partial charge in [-0.15, -0.1) is 0 Å². The zero-order valence-corrected chi connectivity index (χ0v) is 16.3. The van der Waals surface area contributed by atoms with E-state index in [1.165, 1.54) is 0 Å². The van der Waals surface area contributed by atoms with Crippen LogP contribution in [0.25, 0.3) is 0 Å². The molecule has 0 saturated carbocycles. The number of benzene rings is 2.